The van der Waals surface area contributed by atoms with E-state index in [0.29, 0.717) is 0 Å². The van der Waals surface area contributed by atoms with Gasteiger partial charge in [-0.05, 0) is 171 Å². The van der Waals surface area contributed by atoms with Crippen LogP contribution in [0.25, 0.3) is 111 Å². The Morgan fingerprint density at radius 3 is 0.876 bits per heavy atom. The van der Waals surface area contributed by atoms with Gasteiger partial charge in [-0.15, -0.1) is 0 Å². The van der Waals surface area contributed by atoms with Gasteiger partial charge in [0, 0.05) is 45.0 Å². The van der Waals surface area contributed by atoms with Crippen LogP contribution in [0, 0.1) is 0 Å². The van der Waals surface area contributed by atoms with Gasteiger partial charge in [-0.3, -0.25) is 0 Å². The first-order valence-electron chi connectivity index (χ1n) is 30.8. The maximum atomic E-state index is 2.65. The van der Waals surface area contributed by atoms with Crippen molar-refractivity contribution in [1.29, 1.82) is 0 Å². The van der Waals surface area contributed by atoms with Crippen molar-refractivity contribution in [2.75, 3.05) is 9.80 Å². The molecule has 0 saturated carbocycles. The van der Waals surface area contributed by atoms with E-state index in [1.54, 1.807) is 0 Å². The summed E-state index contributed by atoms with van der Waals surface area (Å²) in [6, 6.07) is 129. The molecular weight excluding hydrogens is 1070 g/mol. The van der Waals surface area contributed by atoms with E-state index in [-0.39, 0.29) is 6.71 Å². The second kappa shape index (κ2) is 21.8. The SMILES string of the molecule is c1ccc(-c2cc(-c3ccccc3)c(N3c4cc(-c5ccccc5)ccc4B4c5ccc(-c6ccc7cc8ccccc8cc7c6)cc5N(c5c(-c6ccccc6)cc(-c6ccccc6)cc5-c5ccccc5)c5cccc3c54)c(-c3ccccc3)c2)cc1. The van der Waals surface area contributed by atoms with Crippen molar-refractivity contribution in [2.45, 2.75) is 0 Å². The van der Waals surface area contributed by atoms with Gasteiger partial charge in [0.05, 0.1) is 11.4 Å². The Balaban J connectivity index is 1.00. The van der Waals surface area contributed by atoms with Gasteiger partial charge in [0.2, 0.25) is 0 Å². The lowest BCUT2D eigenvalue weighted by molar-refractivity contribution is 1.25. The first-order chi connectivity index (χ1) is 44.1. The van der Waals surface area contributed by atoms with Crippen LogP contribution in [0.5, 0.6) is 0 Å². The summed E-state index contributed by atoms with van der Waals surface area (Å²) in [6.07, 6.45) is 0. The zero-order chi connectivity index (χ0) is 58.8. The molecule has 0 fully saturated rings. The van der Waals surface area contributed by atoms with Crippen molar-refractivity contribution < 1.29 is 0 Å². The number of anilines is 6. The van der Waals surface area contributed by atoms with Gasteiger partial charge >= 0.3 is 0 Å². The Morgan fingerprint density at radius 1 is 0.180 bits per heavy atom. The van der Waals surface area contributed by atoms with Gasteiger partial charge in [-0.1, -0.05) is 279 Å². The molecule has 15 aromatic rings. The second-order valence-corrected chi connectivity index (χ2v) is 23.5. The Morgan fingerprint density at radius 2 is 0.483 bits per heavy atom. The summed E-state index contributed by atoms with van der Waals surface area (Å²) in [4.78, 5) is 5.29. The molecule has 2 nitrogen and oxygen atoms in total. The zero-order valence-electron chi connectivity index (χ0n) is 48.9. The zero-order valence-corrected chi connectivity index (χ0v) is 48.9. The summed E-state index contributed by atoms with van der Waals surface area (Å²) < 4.78 is 0. The standard InChI is InChI=1S/C86H57BN2/c1-8-25-58(26-9-1)69-45-47-78-82(56-69)88(85-74(61-31-14-4-15-32-61)52-72(59-27-10-2-11-28-59)53-75(85)62-33-16-5-17-34-62)80-41-24-42-81-84(80)87(78)79-48-46-70(67-43-44-68-49-65-39-22-23-40-66(65)50-71(68)51-67)57-83(79)89(81)86-76(63-35-18-6-19-36-63)54-73(60-29-12-3-13-30-60)55-77(86)64-37-20-7-21-38-64/h1-57H. The van der Waals surface area contributed by atoms with E-state index < -0.39 is 0 Å². The molecule has 2 heterocycles. The summed E-state index contributed by atoms with van der Waals surface area (Å²) in [7, 11) is 0. The molecular formula is C86H57BN2. The molecule has 2 aliphatic rings. The van der Waals surface area contributed by atoms with Crippen LogP contribution in [-0.2, 0) is 0 Å². The summed E-state index contributed by atoms with van der Waals surface area (Å²) in [5.74, 6) is 0. The van der Waals surface area contributed by atoms with Crippen LogP contribution in [0.15, 0.2) is 346 Å². The van der Waals surface area contributed by atoms with Crippen LogP contribution in [0.4, 0.5) is 34.1 Å². The number of nitrogens with zero attached hydrogens (tertiary/aromatic N) is 2. The highest BCUT2D eigenvalue weighted by molar-refractivity contribution is 7.00. The average molecular weight is 1130 g/mol. The molecule has 0 N–H and O–H groups in total. The molecule has 0 atom stereocenters. The Hall–Kier alpha value is -11.5. The van der Waals surface area contributed by atoms with Gasteiger partial charge < -0.3 is 9.80 Å². The number of hydrogen-bond acceptors (Lipinski definition) is 2. The minimum Gasteiger partial charge on any atom is -0.310 e. The van der Waals surface area contributed by atoms with Gasteiger partial charge in [0.15, 0.2) is 0 Å². The number of benzene rings is 15. The van der Waals surface area contributed by atoms with Crippen LogP contribution in [0.3, 0.4) is 0 Å². The molecule has 17 rings (SSSR count). The van der Waals surface area contributed by atoms with Crippen molar-refractivity contribution in [3.8, 4) is 89.0 Å². The van der Waals surface area contributed by atoms with Gasteiger partial charge in [0.1, 0.15) is 0 Å². The fourth-order valence-corrected chi connectivity index (χ4v) is 14.2. The Kier molecular flexibility index (Phi) is 12.7. The predicted octanol–water partition coefficient (Wildman–Crippen LogP) is 21.4. The van der Waals surface area contributed by atoms with E-state index in [1.807, 2.05) is 0 Å². The number of rotatable bonds is 10. The maximum absolute atomic E-state index is 2.65. The minimum absolute atomic E-state index is 0.159. The first kappa shape index (κ1) is 51.9. The fraction of sp³-hybridized carbons (Fsp3) is 0. The highest BCUT2D eigenvalue weighted by Crippen LogP contribution is 2.54. The molecule has 89 heavy (non-hydrogen) atoms. The molecule has 0 bridgehead atoms. The van der Waals surface area contributed by atoms with Crippen molar-refractivity contribution in [3.63, 3.8) is 0 Å². The van der Waals surface area contributed by atoms with Crippen LogP contribution in [0.1, 0.15) is 0 Å². The summed E-state index contributed by atoms with van der Waals surface area (Å²) in [6.45, 7) is -0.159. The highest BCUT2D eigenvalue weighted by atomic mass is 15.2. The van der Waals surface area contributed by atoms with E-state index >= 15 is 0 Å². The molecule has 0 aromatic heterocycles. The summed E-state index contributed by atoms with van der Waals surface area (Å²) in [5, 5.41) is 4.93. The van der Waals surface area contributed by atoms with Crippen LogP contribution in [-0.4, -0.2) is 6.71 Å². The third kappa shape index (κ3) is 9.05. The van der Waals surface area contributed by atoms with E-state index in [9.17, 15) is 0 Å². The van der Waals surface area contributed by atoms with Gasteiger partial charge in [-0.25, -0.2) is 0 Å². The third-order valence-corrected chi connectivity index (χ3v) is 18.4. The average Bonchev–Trinajstić information content (AvgIpc) is 0.715. The molecule has 0 spiro atoms. The normalized spacial score (nSPS) is 12.2. The summed E-state index contributed by atoms with van der Waals surface area (Å²) in [5.41, 5.74) is 29.0. The number of hydrogen-bond donors (Lipinski definition) is 0. The van der Waals surface area contributed by atoms with Crippen molar-refractivity contribution >= 4 is 78.8 Å². The smallest absolute Gasteiger partial charge is 0.252 e. The van der Waals surface area contributed by atoms with Crippen LogP contribution in [0.2, 0.25) is 0 Å². The van der Waals surface area contributed by atoms with E-state index in [4.69, 9.17) is 0 Å². The van der Waals surface area contributed by atoms with Gasteiger partial charge in [0.25, 0.3) is 6.71 Å². The van der Waals surface area contributed by atoms with E-state index in [0.717, 1.165) is 101 Å². The first-order valence-corrected chi connectivity index (χ1v) is 30.8. The molecule has 0 unspecified atom stereocenters. The quantitative estimate of drug-likeness (QED) is 0.0995. The molecule has 0 radical (unpaired) electrons. The third-order valence-electron chi connectivity index (χ3n) is 18.4. The van der Waals surface area contributed by atoms with Crippen molar-refractivity contribution in [1.82, 2.24) is 0 Å². The molecule has 0 saturated heterocycles. The molecule has 414 valence electrons. The summed E-state index contributed by atoms with van der Waals surface area (Å²) >= 11 is 0. The Labute approximate surface area is 520 Å². The molecule has 0 aliphatic carbocycles. The number of fused-ring (bicyclic) bond motifs is 6. The molecule has 3 heteroatoms. The maximum Gasteiger partial charge on any atom is 0.252 e. The fourth-order valence-electron chi connectivity index (χ4n) is 14.2. The van der Waals surface area contributed by atoms with Crippen molar-refractivity contribution in [3.05, 3.63) is 346 Å². The lowest BCUT2D eigenvalue weighted by Gasteiger charge is -2.46. The lowest BCUT2D eigenvalue weighted by Crippen LogP contribution is -2.61. The van der Waals surface area contributed by atoms with Crippen LogP contribution >= 0.6 is 0 Å². The molecule has 0 amide bonds. The largest absolute Gasteiger partial charge is 0.310 e. The molecule has 2 aliphatic heterocycles. The Bertz CT molecular complexity index is 5050. The minimum atomic E-state index is -0.159. The monoisotopic (exact) mass is 1130 g/mol. The second-order valence-electron chi connectivity index (χ2n) is 23.5. The lowest BCUT2D eigenvalue weighted by atomic mass is 9.33. The van der Waals surface area contributed by atoms with Gasteiger partial charge in [-0.2, -0.15) is 0 Å². The topological polar surface area (TPSA) is 6.48 Å². The molecule has 15 aromatic carbocycles. The predicted molar refractivity (Wildman–Crippen MR) is 379 cm³/mol. The van der Waals surface area contributed by atoms with E-state index in [1.165, 1.54) is 60.2 Å². The van der Waals surface area contributed by atoms with Crippen molar-refractivity contribution in [2.24, 2.45) is 0 Å². The highest BCUT2D eigenvalue weighted by Gasteiger charge is 2.45. The van der Waals surface area contributed by atoms with Crippen LogP contribution < -0.4 is 26.2 Å². The van der Waals surface area contributed by atoms with E-state index in [2.05, 4.69) is 356 Å².